The molecule has 0 bridgehead atoms. The van der Waals surface area contributed by atoms with Gasteiger partial charge in [0, 0.05) is 38.4 Å². The van der Waals surface area contributed by atoms with Crippen LogP contribution in [0.15, 0.2) is 40.6 Å². The number of hydrogen-bond donors (Lipinski definition) is 1. The van der Waals surface area contributed by atoms with Crippen LogP contribution in [0.1, 0.15) is 15.2 Å². The topological polar surface area (TPSA) is 104 Å². The number of nitrogens with two attached hydrogens (primary N) is 1. The van der Waals surface area contributed by atoms with Crippen molar-refractivity contribution in [1.82, 2.24) is 9.80 Å². The number of carbonyl (C=O) groups is 2. The molecule has 29 heavy (non-hydrogen) atoms. The second-order valence-electron chi connectivity index (χ2n) is 7.18. The van der Waals surface area contributed by atoms with Gasteiger partial charge in [-0.25, -0.2) is 13.6 Å². The predicted molar refractivity (Wildman–Crippen MR) is 111 cm³/mol. The summed E-state index contributed by atoms with van der Waals surface area (Å²) in [5.41, 5.74) is 1.56. The molecule has 0 aliphatic carbocycles. The standard InChI is InChI=1S/C19H22N4O4S2/c20-29(26,27)15-3-4-16-14(12-15)5-6-23(16)18(24)13-21-7-9-22(10-8-21)19(25)17-2-1-11-28-17/h1-4,11-12H,5-10,13H2,(H2,20,26,27). The van der Waals surface area contributed by atoms with Crippen molar-refractivity contribution in [3.05, 3.63) is 46.2 Å². The third-order valence-electron chi connectivity index (χ3n) is 5.33. The summed E-state index contributed by atoms with van der Waals surface area (Å²) in [4.78, 5) is 31.6. The number of rotatable bonds is 4. The minimum absolute atomic E-state index is 0.0230. The molecule has 3 heterocycles. The lowest BCUT2D eigenvalue weighted by Gasteiger charge is -2.34. The van der Waals surface area contributed by atoms with Crippen LogP contribution in [0.5, 0.6) is 0 Å². The van der Waals surface area contributed by atoms with Crippen LogP contribution in [0.4, 0.5) is 5.69 Å². The maximum Gasteiger partial charge on any atom is 0.264 e. The number of fused-ring (bicyclic) bond motifs is 1. The fourth-order valence-corrected chi connectivity index (χ4v) is 5.01. The number of amides is 2. The van der Waals surface area contributed by atoms with E-state index in [-0.39, 0.29) is 23.3 Å². The molecule has 2 N–H and O–H groups in total. The molecule has 1 aromatic carbocycles. The SMILES string of the molecule is NS(=O)(=O)c1ccc2c(c1)CCN2C(=O)CN1CCN(C(=O)c2cccs2)CC1. The van der Waals surface area contributed by atoms with Crippen molar-refractivity contribution >= 4 is 38.9 Å². The first-order valence-electron chi connectivity index (χ1n) is 9.34. The molecule has 0 radical (unpaired) electrons. The Morgan fingerprint density at radius 3 is 2.48 bits per heavy atom. The lowest BCUT2D eigenvalue weighted by Crippen LogP contribution is -2.51. The minimum Gasteiger partial charge on any atom is -0.335 e. The molecule has 0 spiro atoms. The van der Waals surface area contributed by atoms with Crippen LogP contribution >= 0.6 is 11.3 Å². The number of nitrogens with zero attached hydrogens (tertiary/aromatic N) is 3. The Hall–Kier alpha value is -2.27. The molecule has 0 atom stereocenters. The molecule has 0 unspecified atom stereocenters. The summed E-state index contributed by atoms with van der Waals surface area (Å²) in [5.74, 6) is 0.0234. The van der Waals surface area contributed by atoms with E-state index in [1.807, 2.05) is 22.4 Å². The summed E-state index contributed by atoms with van der Waals surface area (Å²) >= 11 is 1.44. The number of anilines is 1. The Morgan fingerprint density at radius 1 is 1.07 bits per heavy atom. The van der Waals surface area contributed by atoms with E-state index in [0.717, 1.165) is 16.1 Å². The number of benzene rings is 1. The maximum atomic E-state index is 12.8. The van der Waals surface area contributed by atoms with Gasteiger partial charge in [-0.2, -0.15) is 0 Å². The van der Waals surface area contributed by atoms with Crippen LogP contribution in [0, 0.1) is 0 Å². The Kier molecular flexibility index (Phi) is 5.43. The highest BCUT2D eigenvalue weighted by Crippen LogP contribution is 2.30. The van der Waals surface area contributed by atoms with Crippen molar-refractivity contribution in [1.29, 1.82) is 0 Å². The van der Waals surface area contributed by atoms with Crippen LogP contribution in [0.3, 0.4) is 0 Å². The largest absolute Gasteiger partial charge is 0.335 e. The van der Waals surface area contributed by atoms with Gasteiger partial charge in [0.15, 0.2) is 0 Å². The van der Waals surface area contributed by atoms with Gasteiger partial charge in [-0.1, -0.05) is 6.07 Å². The first-order valence-corrected chi connectivity index (χ1v) is 11.8. The molecule has 10 heteroatoms. The molecule has 154 valence electrons. The Bertz CT molecular complexity index is 1030. The number of primary sulfonamides is 1. The molecular weight excluding hydrogens is 412 g/mol. The molecule has 2 aromatic rings. The number of thiophene rings is 1. The number of sulfonamides is 1. The molecule has 2 amide bonds. The molecule has 0 saturated carbocycles. The van der Waals surface area contributed by atoms with E-state index in [0.29, 0.717) is 39.1 Å². The van der Waals surface area contributed by atoms with Gasteiger partial charge >= 0.3 is 0 Å². The van der Waals surface area contributed by atoms with Gasteiger partial charge in [0.2, 0.25) is 15.9 Å². The fourth-order valence-electron chi connectivity index (χ4n) is 3.76. The molecule has 4 rings (SSSR count). The first kappa shape index (κ1) is 20.0. The monoisotopic (exact) mass is 434 g/mol. The van der Waals surface area contributed by atoms with Gasteiger partial charge in [-0.05, 0) is 41.6 Å². The third kappa shape index (κ3) is 4.20. The van der Waals surface area contributed by atoms with Crippen molar-refractivity contribution in [2.24, 2.45) is 5.14 Å². The first-order chi connectivity index (χ1) is 13.8. The summed E-state index contributed by atoms with van der Waals surface area (Å²) < 4.78 is 23.0. The highest BCUT2D eigenvalue weighted by molar-refractivity contribution is 7.89. The van der Waals surface area contributed by atoms with Crippen molar-refractivity contribution in [3.63, 3.8) is 0 Å². The van der Waals surface area contributed by atoms with Crippen LogP contribution in [0.25, 0.3) is 0 Å². The van der Waals surface area contributed by atoms with E-state index < -0.39 is 10.0 Å². The molecular formula is C19H22N4O4S2. The lowest BCUT2D eigenvalue weighted by molar-refractivity contribution is -0.120. The number of piperazine rings is 1. The summed E-state index contributed by atoms with van der Waals surface area (Å²) in [7, 11) is -3.76. The van der Waals surface area contributed by atoms with Crippen LogP contribution in [-0.2, 0) is 21.2 Å². The van der Waals surface area contributed by atoms with Crippen molar-refractivity contribution in [2.45, 2.75) is 11.3 Å². The Labute approximate surface area is 173 Å². The van der Waals surface area contributed by atoms with Gasteiger partial charge in [-0.15, -0.1) is 11.3 Å². The molecule has 2 aliphatic heterocycles. The summed E-state index contributed by atoms with van der Waals surface area (Å²) in [6.07, 6.45) is 0.605. The highest BCUT2D eigenvalue weighted by atomic mass is 32.2. The van der Waals surface area contributed by atoms with Gasteiger partial charge in [0.05, 0.1) is 16.3 Å². The summed E-state index contributed by atoms with van der Waals surface area (Å²) in [6, 6.07) is 8.33. The molecule has 1 saturated heterocycles. The zero-order chi connectivity index (χ0) is 20.6. The van der Waals surface area contributed by atoms with E-state index in [4.69, 9.17) is 5.14 Å². The van der Waals surface area contributed by atoms with Crippen LogP contribution in [0.2, 0.25) is 0 Å². The average Bonchev–Trinajstić information content (AvgIpc) is 3.37. The number of carbonyl (C=O) groups excluding carboxylic acids is 2. The van der Waals surface area contributed by atoms with Crippen molar-refractivity contribution in [2.75, 3.05) is 44.2 Å². The van der Waals surface area contributed by atoms with E-state index in [2.05, 4.69) is 4.90 Å². The Balaban J connectivity index is 1.35. The van der Waals surface area contributed by atoms with Gasteiger partial charge in [0.1, 0.15) is 0 Å². The van der Waals surface area contributed by atoms with Gasteiger partial charge < -0.3 is 9.80 Å². The smallest absolute Gasteiger partial charge is 0.264 e. The minimum atomic E-state index is -3.76. The summed E-state index contributed by atoms with van der Waals surface area (Å²) in [5, 5.41) is 7.08. The third-order valence-corrected chi connectivity index (χ3v) is 7.10. The summed E-state index contributed by atoms with van der Waals surface area (Å²) in [6.45, 7) is 3.29. The second-order valence-corrected chi connectivity index (χ2v) is 9.69. The van der Waals surface area contributed by atoms with E-state index in [9.17, 15) is 18.0 Å². The molecule has 2 aliphatic rings. The van der Waals surface area contributed by atoms with E-state index in [1.54, 1.807) is 17.0 Å². The molecule has 1 fully saturated rings. The van der Waals surface area contributed by atoms with Crippen LogP contribution in [-0.4, -0.2) is 69.3 Å². The van der Waals surface area contributed by atoms with Gasteiger partial charge in [0.25, 0.3) is 5.91 Å². The predicted octanol–water partition coefficient (Wildman–Crippen LogP) is 0.743. The number of hydrogen-bond acceptors (Lipinski definition) is 6. The highest BCUT2D eigenvalue weighted by Gasteiger charge is 2.29. The van der Waals surface area contributed by atoms with E-state index >= 15 is 0 Å². The zero-order valence-electron chi connectivity index (χ0n) is 15.8. The van der Waals surface area contributed by atoms with Crippen LogP contribution < -0.4 is 10.0 Å². The molecule has 1 aromatic heterocycles. The average molecular weight is 435 g/mol. The maximum absolute atomic E-state index is 12.8. The quantitative estimate of drug-likeness (QED) is 0.765. The zero-order valence-corrected chi connectivity index (χ0v) is 17.4. The Morgan fingerprint density at radius 2 is 1.83 bits per heavy atom. The fraction of sp³-hybridized carbons (Fsp3) is 0.368. The van der Waals surface area contributed by atoms with Crippen molar-refractivity contribution < 1.29 is 18.0 Å². The van der Waals surface area contributed by atoms with Crippen molar-refractivity contribution in [3.8, 4) is 0 Å². The second kappa shape index (κ2) is 7.86. The van der Waals surface area contributed by atoms with Gasteiger partial charge in [-0.3, -0.25) is 14.5 Å². The normalized spacial score (nSPS) is 17.4. The lowest BCUT2D eigenvalue weighted by atomic mass is 10.2. The van der Waals surface area contributed by atoms with E-state index in [1.165, 1.54) is 17.4 Å². The molecule has 8 nitrogen and oxygen atoms in total.